The van der Waals surface area contributed by atoms with Crippen molar-refractivity contribution in [2.24, 2.45) is 0 Å². The first-order chi connectivity index (χ1) is 16.6. The summed E-state index contributed by atoms with van der Waals surface area (Å²) in [5.41, 5.74) is 3.03. The van der Waals surface area contributed by atoms with Gasteiger partial charge in [0.15, 0.2) is 11.5 Å². The summed E-state index contributed by atoms with van der Waals surface area (Å²) in [4.78, 5) is 42.0. The maximum Gasteiger partial charge on any atom is 0.293 e. The number of aromatic nitrogens is 1. The largest absolute Gasteiger partial charge is 0.454 e. The van der Waals surface area contributed by atoms with Crippen LogP contribution in [0.1, 0.15) is 24.0 Å². The van der Waals surface area contributed by atoms with Crippen LogP contribution in [0.4, 0.5) is 4.79 Å². The molecule has 1 fully saturated rings. The highest BCUT2D eigenvalue weighted by Gasteiger charge is 2.34. The number of H-pyrrole nitrogens is 1. The lowest BCUT2D eigenvalue weighted by Crippen LogP contribution is -2.37. The van der Waals surface area contributed by atoms with Crippen molar-refractivity contribution in [1.82, 2.24) is 15.2 Å². The second kappa shape index (κ2) is 9.64. The number of para-hydroxylation sites is 1. The molecule has 174 valence electrons. The third kappa shape index (κ3) is 4.65. The highest BCUT2D eigenvalue weighted by atomic mass is 32.2. The molecule has 3 heterocycles. The molecular formula is C25H23N3O5S. The molecule has 0 bridgehead atoms. The SMILES string of the molecule is O=C(CCCc1c[nH]c2ccccc12)NCCN1C(=O)S/C(=C\c2ccc3c(c2)OCO3)C1=O. The van der Waals surface area contributed by atoms with Crippen molar-refractivity contribution in [2.75, 3.05) is 19.9 Å². The van der Waals surface area contributed by atoms with Crippen LogP contribution in [0.3, 0.4) is 0 Å². The zero-order valence-electron chi connectivity index (χ0n) is 18.3. The average molecular weight is 478 g/mol. The Labute approximate surface area is 200 Å². The van der Waals surface area contributed by atoms with Gasteiger partial charge in [-0.25, -0.2) is 0 Å². The van der Waals surface area contributed by atoms with Crippen molar-refractivity contribution in [3.8, 4) is 11.5 Å². The fraction of sp³-hybridized carbons (Fsp3) is 0.240. The number of imide groups is 1. The first-order valence-electron chi connectivity index (χ1n) is 11.1. The number of benzene rings is 2. The van der Waals surface area contributed by atoms with Gasteiger partial charge in [-0.2, -0.15) is 0 Å². The van der Waals surface area contributed by atoms with Gasteiger partial charge in [-0.15, -0.1) is 0 Å². The molecule has 1 saturated heterocycles. The van der Waals surface area contributed by atoms with Crippen LogP contribution in [0.25, 0.3) is 17.0 Å². The monoisotopic (exact) mass is 477 g/mol. The summed E-state index contributed by atoms with van der Waals surface area (Å²) in [7, 11) is 0. The summed E-state index contributed by atoms with van der Waals surface area (Å²) in [5.74, 6) is 0.812. The number of aryl methyl sites for hydroxylation is 1. The summed E-state index contributed by atoms with van der Waals surface area (Å²) in [6.07, 6.45) is 5.54. The first kappa shape index (κ1) is 22.1. The minimum absolute atomic E-state index is 0.0947. The number of hydrogen-bond donors (Lipinski definition) is 2. The van der Waals surface area contributed by atoms with Crippen molar-refractivity contribution in [1.29, 1.82) is 0 Å². The Morgan fingerprint density at radius 3 is 2.91 bits per heavy atom. The Bertz CT molecular complexity index is 1300. The van der Waals surface area contributed by atoms with E-state index in [-0.39, 0.29) is 36.9 Å². The number of thioether (sulfide) groups is 1. The van der Waals surface area contributed by atoms with E-state index >= 15 is 0 Å². The van der Waals surface area contributed by atoms with E-state index in [0.717, 1.165) is 34.2 Å². The third-order valence-electron chi connectivity index (χ3n) is 5.75. The molecule has 2 aliphatic heterocycles. The number of aromatic amines is 1. The van der Waals surface area contributed by atoms with Crippen LogP contribution < -0.4 is 14.8 Å². The fourth-order valence-electron chi connectivity index (χ4n) is 4.02. The van der Waals surface area contributed by atoms with Gasteiger partial charge >= 0.3 is 0 Å². The highest BCUT2D eigenvalue weighted by Crippen LogP contribution is 2.36. The zero-order chi connectivity index (χ0) is 23.5. The molecule has 3 amide bonds. The number of carbonyl (C=O) groups excluding carboxylic acids is 3. The van der Waals surface area contributed by atoms with Gasteiger partial charge in [-0.1, -0.05) is 24.3 Å². The minimum Gasteiger partial charge on any atom is -0.454 e. The summed E-state index contributed by atoms with van der Waals surface area (Å²) < 4.78 is 10.6. The number of nitrogens with zero attached hydrogens (tertiary/aromatic N) is 1. The standard InChI is InChI=1S/C25H23N3O5S/c29-23(7-3-4-17-14-27-19-6-2-1-5-18(17)19)26-10-11-28-24(30)22(34-25(28)31)13-16-8-9-20-21(12-16)33-15-32-20/h1-2,5-6,8-9,12-14,27H,3-4,7,10-11,15H2,(H,26,29)/b22-13-. The Morgan fingerprint density at radius 1 is 1.15 bits per heavy atom. The van der Waals surface area contributed by atoms with E-state index in [4.69, 9.17) is 9.47 Å². The first-order valence-corrected chi connectivity index (χ1v) is 11.9. The maximum absolute atomic E-state index is 12.7. The molecule has 0 unspecified atom stereocenters. The molecule has 0 atom stereocenters. The molecule has 0 saturated carbocycles. The summed E-state index contributed by atoms with van der Waals surface area (Å²) in [6, 6.07) is 13.4. The molecular weight excluding hydrogens is 454 g/mol. The van der Waals surface area contributed by atoms with Crippen LogP contribution in [0.5, 0.6) is 11.5 Å². The van der Waals surface area contributed by atoms with Crippen LogP contribution in [-0.2, 0) is 16.0 Å². The summed E-state index contributed by atoms with van der Waals surface area (Å²) in [6.45, 7) is 0.530. The van der Waals surface area contributed by atoms with Crippen molar-refractivity contribution in [3.05, 3.63) is 64.7 Å². The molecule has 2 N–H and O–H groups in total. The van der Waals surface area contributed by atoms with E-state index in [1.165, 1.54) is 10.9 Å². The van der Waals surface area contributed by atoms with Crippen molar-refractivity contribution >= 4 is 45.8 Å². The quantitative estimate of drug-likeness (QED) is 0.475. The number of nitrogens with one attached hydrogen (secondary N) is 2. The van der Waals surface area contributed by atoms with Gasteiger partial charge in [0, 0.05) is 36.6 Å². The molecule has 8 nitrogen and oxygen atoms in total. The van der Waals surface area contributed by atoms with Crippen LogP contribution in [-0.4, -0.2) is 46.8 Å². The molecule has 0 spiro atoms. The van der Waals surface area contributed by atoms with Crippen LogP contribution in [0.2, 0.25) is 0 Å². The smallest absolute Gasteiger partial charge is 0.293 e. The van der Waals surface area contributed by atoms with Gasteiger partial charge in [0.1, 0.15) is 0 Å². The summed E-state index contributed by atoms with van der Waals surface area (Å²) in [5, 5.41) is 3.64. The van der Waals surface area contributed by atoms with E-state index in [9.17, 15) is 14.4 Å². The minimum atomic E-state index is -0.360. The molecule has 2 aliphatic rings. The second-order valence-corrected chi connectivity index (χ2v) is 9.00. The lowest BCUT2D eigenvalue weighted by molar-refractivity contribution is -0.124. The van der Waals surface area contributed by atoms with E-state index in [2.05, 4.69) is 16.4 Å². The third-order valence-corrected chi connectivity index (χ3v) is 6.66. The highest BCUT2D eigenvalue weighted by molar-refractivity contribution is 8.18. The zero-order valence-corrected chi connectivity index (χ0v) is 19.2. The number of fused-ring (bicyclic) bond motifs is 2. The van der Waals surface area contributed by atoms with E-state index in [0.29, 0.717) is 29.2 Å². The normalized spacial score (nSPS) is 16.1. The number of rotatable bonds is 8. The molecule has 1 aromatic heterocycles. The van der Waals surface area contributed by atoms with Crippen LogP contribution >= 0.6 is 11.8 Å². The second-order valence-electron chi connectivity index (χ2n) is 8.01. The fourth-order valence-corrected chi connectivity index (χ4v) is 4.89. The van der Waals surface area contributed by atoms with Gasteiger partial charge in [-0.3, -0.25) is 19.3 Å². The Morgan fingerprint density at radius 2 is 2.00 bits per heavy atom. The Hall–Kier alpha value is -3.72. The number of amides is 3. The maximum atomic E-state index is 12.7. The Balaban J connectivity index is 1.09. The number of hydrogen-bond acceptors (Lipinski definition) is 6. The predicted molar refractivity (Wildman–Crippen MR) is 129 cm³/mol. The van der Waals surface area contributed by atoms with Gasteiger partial charge in [0.25, 0.3) is 11.1 Å². The number of ether oxygens (including phenoxy) is 2. The van der Waals surface area contributed by atoms with Crippen LogP contribution in [0, 0.1) is 0 Å². The van der Waals surface area contributed by atoms with Crippen LogP contribution in [0.15, 0.2) is 53.6 Å². The molecule has 3 aromatic rings. The molecule has 0 aliphatic carbocycles. The van der Waals surface area contributed by atoms with E-state index in [1.54, 1.807) is 24.3 Å². The van der Waals surface area contributed by atoms with E-state index in [1.807, 2.05) is 24.4 Å². The summed E-state index contributed by atoms with van der Waals surface area (Å²) >= 11 is 0.893. The molecule has 5 rings (SSSR count). The molecule has 2 aromatic carbocycles. The average Bonchev–Trinajstić information content (AvgIpc) is 3.53. The van der Waals surface area contributed by atoms with Crippen molar-refractivity contribution in [3.63, 3.8) is 0 Å². The lowest BCUT2D eigenvalue weighted by Gasteiger charge is -2.13. The number of carbonyl (C=O) groups is 3. The molecule has 0 radical (unpaired) electrons. The van der Waals surface area contributed by atoms with Gasteiger partial charge in [0.05, 0.1) is 4.91 Å². The van der Waals surface area contributed by atoms with Gasteiger partial charge in [-0.05, 0) is 60.0 Å². The van der Waals surface area contributed by atoms with Gasteiger partial charge in [0.2, 0.25) is 12.7 Å². The van der Waals surface area contributed by atoms with E-state index < -0.39 is 0 Å². The topological polar surface area (TPSA) is 101 Å². The van der Waals surface area contributed by atoms with Crippen molar-refractivity contribution in [2.45, 2.75) is 19.3 Å². The molecule has 9 heteroatoms. The lowest BCUT2D eigenvalue weighted by atomic mass is 10.1. The predicted octanol–water partition coefficient (Wildman–Crippen LogP) is 4.07. The molecule has 34 heavy (non-hydrogen) atoms. The Kier molecular flexibility index (Phi) is 6.27. The van der Waals surface area contributed by atoms with Gasteiger partial charge < -0.3 is 19.8 Å². The van der Waals surface area contributed by atoms with Crippen molar-refractivity contribution < 1.29 is 23.9 Å².